The van der Waals surface area contributed by atoms with Crippen molar-refractivity contribution in [2.45, 2.75) is 0 Å². The maximum absolute atomic E-state index is 12.3. The van der Waals surface area contributed by atoms with Crippen LogP contribution in [0.2, 0.25) is 0 Å². The van der Waals surface area contributed by atoms with Crippen molar-refractivity contribution in [3.05, 3.63) is 78.4 Å². The third-order valence-electron chi connectivity index (χ3n) is 4.32. The Kier molecular flexibility index (Phi) is 4.93. The van der Waals surface area contributed by atoms with Crippen LogP contribution in [0.4, 0.5) is 5.69 Å². The van der Waals surface area contributed by atoms with Crippen LogP contribution < -0.4 is 20.1 Å². The zero-order chi connectivity index (χ0) is 19.3. The minimum Gasteiger partial charge on any atom is -0.454 e. The molecule has 0 radical (unpaired) electrons. The maximum Gasteiger partial charge on any atom is 0.251 e. The van der Waals surface area contributed by atoms with Crippen LogP contribution in [-0.2, 0) is 4.79 Å². The van der Waals surface area contributed by atoms with E-state index in [1.165, 1.54) is 0 Å². The maximum atomic E-state index is 12.3. The first-order chi connectivity index (χ1) is 13.7. The molecule has 3 aromatic carbocycles. The van der Waals surface area contributed by atoms with E-state index in [-0.39, 0.29) is 25.2 Å². The van der Waals surface area contributed by atoms with Gasteiger partial charge in [0.05, 0.1) is 6.54 Å². The van der Waals surface area contributed by atoms with Crippen molar-refractivity contribution in [3.8, 4) is 22.6 Å². The summed E-state index contributed by atoms with van der Waals surface area (Å²) in [6, 6.07) is 22.3. The second-order valence-corrected chi connectivity index (χ2v) is 6.24. The molecule has 2 N–H and O–H groups in total. The van der Waals surface area contributed by atoms with Crippen LogP contribution in [0, 0.1) is 0 Å². The van der Waals surface area contributed by atoms with Gasteiger partial charge in [-0.15, -0.1) is 0 Å². The summed E-state index contributed by atoms with van der Waals surface area (Å²) in [5, 5.41) is 5.34. The van der Waals surface area contributed by atoms with Gasteiger partial charge in [0.15, 0.2) is 11.5 Å². The number of ether oxygens (including phenoxy) is 2. The highest BCUT2D eigenvalue weighted by atomic mass is 16.7. The third kappa shape index (κ3) is 3.96. The fourth-order valence-corrected chi connectivity index (χ4v) is 2.89. The summed E-state index contributed by atoms with van der Waals surface area (Å²) in [7, 11) is 0. The van der Waals surface area contributed by atoms with Crippen LogP contribution in [-0.4, -0.2) is 25.2 Å². The van der Waals surface area contributed by atoms with Crippen LogP contribution in [0.5, 0.6) is 11.5 Å². The van der Waals surface area contributed by atoms with E-state index in [4.69, 9.17) is 9.47 Å². The van der Waals surface area contributed by atoms with Crippen molar-refractivity contribution < 1.29 is 19.1 Å². The fourth-order valence-electron chi connectivity index (χ4n) is 2.89. The van der Waals surface area contributed by atoms with Gasteiger partial charge in [0, 0.05) is 17.3 Å². The van der Waals surface area contributed by atoms with Crippen molar-refractivity contribution in [3.63, 3.8) is 0 Å². The Balaban J connectivity index is 1.32. The van der Waals surface area contributed by atoms with E-state index >= 15 is 0 Å². The molecule has 3 aromatic rings. The number of rotatable bonds is 5. The van der Waals surface area contributed by atoms with E-state index < -0.39 is 0 Å². The number of hydrogen-bond acceptors (Lipinski definition) is 4. The molecule has 0 aromatic heterocycles. The highest BCUT2D eigenvalue weighted by molar-refractivity contribution is 5.99. The Morgan fingerprint density at radius 3 is 2.32 bits per heavy atom. The molecule has 0 unspecified atom stereocenters. The highest BCUT2D eigenvalue weighted by Crippen LogP contribution is 2.34. The van der Waals surface area contributed by atoms with Crippen molar-refractivity contribution in [1.29, 1.82) is 0 Å². The predicted octanol–water partition coefficient (Wildman–Crippen LogP) is 3.45. The minimum atomic E-state index is -0.326. The molecule has 0 spiro atoms. The molecule has 0 atom stereocenters. The largest absolute Gasteiger partial charge is 0.454 e. The van der Waals surface area contributed by atoms with Crippen molar-refractivity contribution >= 4 is 17.5 Å². The SMILES string of the molecule is O=C(CNC(=O)c1ccc(-c2ccccc2)cc1)Nc1ccc2c(c1)OCO2. The molecule has 1 heterocycles. The second kappa shape index (κ2) is 7.84. The first-order valence-electron chi connectivity index (χ1n) is 8.82. The van der Waals surface area contributed by atoms with Crippen LogP contribution in [0.15, 0.2) is 72.8 Å². The van der Waals surface area contributed by atoms with Gasteiger partial charge in [0.25, 0.3) is 5.91 Å². The average Bonchev–Trinajstić information content (AvgIpc) is 3.21. The zero-order valence-electron chi connectivity index (χ0n) is 15.0. The Hall–Kier alpha value is -3.80. The number of carbonyl (C=O) groups is 2. The smallest absolute Gasteiger partial charge is 0.251 e. The molecule has 6 heteroatoms. The van der Waals surface area contributed by atoms with E-state index in [0.29, 0.717) is 22.7 Å². The fraction of sp³-hybridized carbons (Fsp3) is 0.0909. The first kappa shape index (κ1) is 17.6. The average molecular weight is 374 g/mol. The van der Waals surface area contributed by atoms with Crippen LogP contribution in [0.1, 0.15) is 10.4 Å². The molecule has 0 fully saturated rings. The highest BCUT2D eigenvalue weighted by Gasteiger charge is 2.14. The van der Waals surface area contributed by atoms with Gasteiger partial charge in [-0.05, 0) is 35.4 Å². The number of carbonyl (C=O) groups excluding carboxylic acids is 2. The molecule has 6 nitrogen and oxygen atoms in total. The summed E-state index contributed by atoms with van der Waals surface area (Å²) in [4.78, 5) is 24.4. The summed E-state index contributed by atoms with van der Waals surface area (Å²) in [5.74, 6) is 0.596. The molecular weight excluding hydrogens is 356 g/mol. The van der Waals surface area contributed by atoms with Crippen LogP contribution >= 0.6 is 0 Å². The first-order valence-corrected chi connectivity index (χ1v) is 8.82. The molecule has 0 saturated heterocycles. The minimum absolute atomic E-state index is 0.131. The summed E-state index contributed by atoms with van der Waals surface area (Å²) in [6.07, 6.45) is 0. The quantitative estimate of drug-likeness (QED) is 0.717. The summed E-state index contributed by atoms with van der Waals surface area (Å²) in [6.45, 7) is 0.0412. The van der Waals surface area contributed by atoms with Gasteiger partial charge in [-0.25, -0.2) is 0 Å². The number of anilines is 1. The van der Waals surface area contributed by atoms with E-state index in [9.17, 15) is 9.59 Å². The number of fused-ring (bicyclic) bond motifs is 1. The van der Waals surface area contributed by atoms with E-state index in [0.717, 1.165) is 11.1 Å². The van der Waals surface area contributed by atoms with Crippen molar-refractivity contribution in [2.24, 2.45) is 0 Å². The van der Waals surface area contributed by atoms with Crippen LogP contribution in [0.25, 0.3) is 11.1 Å². The molecule has 140 valence electrons. The van der Waals surface area contributed by atoms with Gasteiger partial charge >= 0.3 is 0 Å². The molecule has 28 heavy (non-hydrogen) atoms. The van der Waals surface area contributed by atoms with Crippen molar-refractivity contribution in [1.82, 2.24) is 5.32 Å². The molecule has 1 aliphatic rings. The number of benzene rings is 3. The van der Waals surface area contributed by atoms with Gasteiger partial charge < -0.3 is 20.1 Å². The molecular formula is C22H18N2O4. The summed E-state index contributed by atoms with van der Waals surface area (Å²) < 4.78 is 10.5. The summed E-state index contributed by atoms with van der Waals surface area (Å²) >= 11 is 0. The topological polar surface area (TPSA) is 76.7 Å². The lowest BCUT2D eigenvalue weighted by molar-refractivity contribution is -0.115. The van der Waals surface area contributed by atoms with E-state index in [1.807, 2.05) is 42.5 Å². The van der Waals surface area contributed by atoms with Crippen LogP contribution in [0.3, 0.4) is 0 Å². The molecule has 0 aliphatic carbocycles. The Morgan fingerprint density at radius 2 is 1.54 bits per heavy atom. The Labute approximate surface area is 162 Å². The lowest BCUT2D eigenvalue weighted by Gasteiger charge is -2.08. The van der Waals surface area contributed by atoms with Gasteiger partial charge in [-0.1, -0.05) is 42.5 Å². The third-order valence-corrected chi connectivity index (χ3v) is 4.32. The molecule has 1 aliphatic heterocycles. The Morgan fingerprint density at radius 1 is 0.821 bits per heavy atom. The zero-order valence-corrected chi connectivity index (χ0v) is 15.0. The molecule has 4 rings (SSSR count). The predicted molar refractivity (Wildman–Crippen MR) is 105 cm³/mol. The van der Waals surface area contributed by atoms with E-state index in [1.54, 1.807) is 30.3 Å². The normalized spacial score (nSPS) is 11.7. The van der Waals surface area contributed by atoms with Gasteiger partial charge in [0.1, 0.15) is 0 Å². The number of amides is 2. The van der Waals surface area contributed by atoms with Gasteiger partial charge in [-0.3, -0.25) is 9.59 Å². The Bertz CT molecular complexity index is 1000. The standard InChI is InChI=1S/C22H18N2O4/c25-21(24-18-10-11-19-20(12-18)28-14-27-19)13-23-22(26)17-8-6-16(7-9-17)15-4-2-1-3-5-15/h1-12H,13-14H2,(H,23,26)(H,24,25). The molecule has 2 amide bonds. The van der Waals surface area contributed by atoms with Gasteiger partial charge in [0.2, 0.25) is 12.7 Å². The number of nitrogens with one attached hydrogen (secondary N) is 2. The number of hydrogen-bond donors (Lipinski definition) is 2. The lowest BCUT2D eigenvalue weighted by atomic mass is 10.0. The monoisotopic (exact) mass is 374 g/mol. The van der Waals surface area contributed by atoms with E-state index in [2.05, 4.69) is 10.6 Å². The van der Waals surface area contributed by atoms with Gasteiger partial charge in [-0.2, -0.15) is 0 Å². The lowest BCUT2D eigenvalue weighted by Crippen LogP contribution is -2.32. The second-order valence-electron chi connectivity index (χ2n) is 6.24. The molecule has 0 bridgehead atoms. The van der Waals surface area contributed by atoms with Crippen molar-refractivity contribution in [2.75, 3.05) is 18.7 Å². The molecule has 0 saturated carbocycles. The summed E-state index contributed by atoms with van der Waals surface area (Å²) in [5.41, 5.74) is 3.18.